The first-order chi connectivity index (χ1) is 10.1. The zero-order valence-corrected chi connectivity index (χ0v) is 13.5. The Balaban J connectivity index is 2.09. The average molecular weight is 368 g/mol. The van der Waals surface area contributed by atoms with Crippen LogP contribution in [0.25, 0.3) is 11.0 Å². The first kappa shape index (κ1) is 14.2. The lowest BCUT2D eigenvalue weighted by Crippen LogP contribution is -2.01. The summed E-state index contributed by atoms with van der Waals surface area (Å²) < 4.78 is 21.7. The van der Waals surface area contributed by atoms with Crippen LogP contribution >= 0.6 is 28.1 Å². The highest BCUT2D eigenvalue weighted by Gasteiger charge is 2.09. The van der Waals surface area contributed by atoms with Crippen LogP contribution < -0.4 is 4.74 Å². The quantitative estimate of drug-likeness (QED) is 0.710. The number of rotatable bonds is 3. The number of ether oxygens (including phenoxy) is 1. The van der Waals surface area contributed by atoms with Crippen LogP contribution in [0.2, 0.25) is 0 Å². The number of methoxy groups -OCH3 is 1. The second-order valence-corrected chi connectivity index (χ2v) is 5.75. The van der Waals surface area contributed by atoms with E-state index < -0.39 is 0 Å². The minimum absolute atomic E-state index is 0.322. The highest BCUT2D eigenvalue weighted by molar-refractivity contribution is 9.10. The van der Waals surface area contributed by atoms with Crippen LogP contribution in [0.4, 0.5) is 4.39 Å². The molecule has 0 fully saturated rings. The van der Waals surface area contributed by atoms with E-state index in [1.807, 2.05) is 16.7 Å². The van der Waals surface area contributed by atoms with Gasteiger partial charge < -0.3 is 14.3 Å². The molecule has 0 amide bonds. The van der Waals surface area contributed by atoms with E-state index in [0.29, 0.717) is 21.7 Å². The zero-order valence-electron chi connectivity index (χ0n) is 11.1. The number of nitrogens with zero attached hydrogens (tertiary/aromatic N) is 2. The second kappa shape index (κ2) is 5.57. The molecule has 2 aromatic heterocycles. The van der Waals surface area contributed by atoms with Crippen molar-refractivity contribution in [2.75, 3.05) is 7.11 Å². The summed E-state index contributed by atoms with van der Waals surface area (Å²) >= 11 is 8.50. The number of halogens is 2. The lowest BCUT2D eigenvalue weighted by Gasteiger charge is -2.06. The van der Waals surface area contributed by atoms with Crippen LogP contribution in [0.15, 0.2) is 34.9 Å². The Morgan fingerprint density at radius 3 is 3.00 bits per heavy atom. The number of hydrogen-bond donors (Lipinski definition) is 1. The smallest absolute Gasteiger partial charge is 0.213 e. The number of aromatic nitrogens is 3. The van der Waals surface area contributed by atoms with Gasteiger partial charge in [0, 0.05) is 18.3 Å². The maximum absolute atomic E-state index is 13.8. The maximum atomic E-state index is 13.8. The Hall–Kier alpha value is -1.73. The summed E-state index contributed by atoms with van der Waals surface area (Å²) in [6.07, 6.45) is 1.67. The van der Waals surface area contributed by atoms with Crippen LogP contribution in [0.1, 0.15) is 5.56 Å². The van der Waals surface area contributed by atoms with Crippen molar-refractivity contribution in [3.8, 4) is 5.88 Å². The van der Waals surface area contributed by atoms with Gasteiger partial charge in [-0.3, -0.25) is 0 Å². The molecule has 3 aromatic rings. The normalized spacial score (nSPS) is 11.0. The number of pyridine rings is 1. The molecule has 0 radical (unpaired) electrons. The van der Waals surface area contributed by atoms with Crippen molar-refractivity contribution in [3.05, 3.63) is 51.1 Å². The Labute approximate surface area is 133 Å². The Kier molecular flexibility index (Phi) is 3.77. The number of benzene rings is 1. The van der Waals surface area contributed by atoms with Crippen molar-refractivity contribution in [3.63, 3.8) is 0 Å². The van der Waals surface area contributed by atoms with Gasteiger partial charge in [0.2, 0.25) is 5.88 Å². The Morgan fingerprint density at radius 2 is 2.24 bits per heavy atom. The van der Waals surface area contributed by atoms with Gasteiger partial charge in [-0.1, -0.05) is 0 Å². The number of aromatic amines is 1. The summed E-state index contributed by atoms with van der Waals surface area (Å²) in [5.74, 6) is 0.213. The first-order valence-electron chi connectivity index (χ1n) is 6.15. The van der Waals surface area contributed by atoms with Gasteiger partial charge in [-0.15, -0.1) is 0 Å². The first-order valence-corrected chi connectivity index (χ1v) is 7.35. The standard InChI is InChI=1S/C14H11BrFN3OS/c1-20-13-4-8(2-3-17-13)7-19-12-6-10(16)9(15)5-11(12)18-14(19)21/h2-6H,7H2,1H3,(H,18,21). The van der Waals surface area contributed by atoms with Gasteiger partial charge in [0.05, 0.1) is 29.2 Å². The molecule has 0 aliphatic rings. The number of H-pyrrole nitrogens is 1. The molecular weight excluding hydrogens is 357 g/mol. The third-order valence-electron chi connectivity index (χ3n) is 3.17. The number of nitrogens with one attached hydrogen (secondary N) is 1. The molecule has 0 aliphatic heterocycles. The van der Waals surface area contributed by atoms with Crippen LogP contribution in [0, 0.1) is 10.6 Å². The van der Waals surface area contributed by atoms with Crippen molar-refractivity contribution in [1.82, 2.24) is 14.5 Å². The summed E-state index contributed by atoms with van der Waals surface area (Å²) in [6, 6.07) is 6.85. The summed E-state index contributed by atoms with van der Waals surface area (Å²) in [5.41, 5.74) is 2.48. The molecule has 4 nitrogen and oxygen atoms in total. The molecule has 0 atom stereocenters. The summed E-state index contributed by atoms with van der Waals surface area (Å²) in [4.78, 5) is 7.14. The fraction of sp³-hybridized carbons (Fsp3) is 0.143. The van der Waals surface area contributed by atoms with Gasteiger partial charge in [0.15, 0.2) is 4.77 Å². The second-order valence-electron chi connectivity index (χ2n) is 4.51. The molecule has 0 saturated heterocycles. The van der Waals surface area contributed by atoms with E-state index in [2.05, 4.69) is 25.9 Å². The molecule has 0 bridgehead atoms. The molecule has 2 heterocycles. The monoisotopic (exact) mass is 367 g/mol. The molecule has 0 spiro atoms. The van der Waals surface area contributed by atoms with Crippen molar-refractivity contribution in [2.45, 2.75) is 6.54 Å². The third-order valence-corrected chi connectivity index (χ3v) is 4.10. The lowest BCUT2D eigenvalue weighted by molar-refractivity contribution is 0.397. The van der Waals surface area contributed by atoms with Gasteiger partial charge in [-0.2, -0.15) is 0 Å². The minimum atomic E-state index is -0.322. The fourth-order valence-corrected chi connectivity index (χ4v) is 2.77. The van der Waals surface area contributed by atoms with E-state index in [1.165, 1.54) is 6.07 Å². The third kappa shape index (κ3) is 2.71. The zero-order chi connectivity index (χ0) is 15.0. The SMILES string of the molecule is COc1cc(Cn2c(=S)[nH]c3cc(Br)c(F)cc32)ccn1. The van der Waals surface area contributed by atoms with Crippen molar-refractivity contribution in [1.29, 1.82) is 0 Å². The fourth-order valence-electron chi connectivity index (χ4n) is 2.15. The van der Waals surface area contributed by atoms with Gasteiger partial charge in [-0.25, -0.2) is 9.37 Å². The number of imidazole rings is 1. The van der Waals surface area contributed by atoms with E-state index in [9.17, 15) is 4.39 Å². The van der Waals surface area contributed by atoms with Crippen molar-refractivity contribution >= 4 is 39.2 Å². The molecule has 21 heavy (non-hydrogen) atoms. The molecule has 3 rings (SSSR count). The van der Waals surface area contributed by atoms with Crippen molar-refractivity contribution < 1.29 is 9.13 Å². The van der Waals surface area contributed by atoms with Crippen LogP contribution in [-0.2, 0) is 6.54 Å². The molecule has 0 saturated carbocycles. The molecule has 108 valence electrons. The van der Waals surface area contributed by atoms with E-state index in [4.69, 9.17) is 17.0 Å². The van der Waals surface area contributed by atoms with E-state index >= 15 is 0 Å². The van der Waals surface area contributed by atoms with Crippen molar-refractivity contribution in [2.24, 2.45) is 0 Å². The topological polar surface area (TPSA) is 42.8 Å². The molecule has 0 aliphatic carbocycles. The molecular formula is C14H11BrFN3OS. The van der Waals surface area contributed by atoms with E-state index in [1.54, 1.807) is 19.4 Å². The van der Waals surface area contributed by atoms with Gasteiger partial charge >= 0.3 is 0 Å². The Bertz CT molecular complexity index is 874. The molecule has 1 N–H and O–H groups in total. The van der Waals surface area contributed by atoms with Crippen LogP contribution in [0.3, 0.4) is 0 Å². The Morgan fingerprint density at radius 1 is 1.43 bits per heavy atom. The highest BCUT2D eigenvalue weighted by Crippen LogP contribution is 2.24. The van der Waals surface area contributed by atoms with E-state index in [-0.39, 0.29) is 5.82 Å². The largest absolute Gasteiger partial charge is 0.481 e. The molecule has 1 aromatic carbocycles. The highest BCUT2D eigenvalue weighted by atomic mass is 79.9. The summed E-state index contributed by atoms with van der Waals surface area (Å²) in [5, 5.41) is 0. The summed E-state index contributed by atoms with van der Waals surface area (Å²) in [6.45, 7) is 0.513. The van der Waals surface area contributed by atoms with E-state index in [0.717, 1.165) is 16.6 Å². The van der Waals surface area contributed by atoms with Crippen LogP contribution in [-0.4, -0.2) is 21.6 Å². The number of hydrogen-bond acceptors (Lipinski definition) is 3. The number of fused-ring (bicyclic) bond motifs is 1. The minimum Gasteiger partial charge on any atom is -0.481 e. The molecule has 0 unspecified atom stereocenters. The van der Waals surface area contributed by atoms with Gasteiger partial charge in [-0.05, 0) is 45.8 Å². The molecule has 7 heteroatoms. The summed E-state index contributed by atoms with van der Waals surface area (Å²) in [7, 11) is 1.57. The van der Waals surface area contributed by atoms with Gasteiger partial charge in [0.25, 0.3) is 0 Å². The van der Waals surface area contributed by atoms with Gasteiger partial charge in [0.1, 0.15) is 5.82 Å². The van der Waals surface area contributed by atoms with Crippen LogP contribution in [0.5, 0.6) is 5.88 Å². The predicted octanol–water partition coefficient (Wildman–Crippen LogP) is 4.05. The lowest BCUT2D eigenvalue weighted by atomic mass is 10.2. The predicted molar refractivity (Wildman–Crippen MR) is 84.7 cm³/mol. The average Bonchev–Trinajstić information content (AvgIpc) is 2.76. The maximum Gasteiger partial charge on any atom is 0.213 e.